The Hall–Kier alpha value is -2.69. The monoisotopic (exact) mass is 460 g/mol. The van der Waals surface area contributed by atoms with Crippen LogP contribution in [0.2, 0.25) is 0 Å². The number of nitrogens with one attached hydrogen (secondary N) is 1. The van der Waals surface area contributed by atoms with E-state index >= 15 is 0 Å². The Balaban J connectivity index is 1.85. The standard InChI is InChI=1S/C21H24N4O4S2/c1-16-8-10-18(11-9-16)31(27,28)15-19-23-24-21(25(19)17-6-4-3-5-7-17)30-14-20(26)22-12-13-29-2/h3-11H,12-15H2,1-2H3,(H,22,26). The third kappa shape index (κ3) is 6.16. The zero-order valence-electron chi connectivity index (χ0n) is 17.3. The number of rotatable bonds is 10. The molecule has 0 fully saturated rings. The molecule has 164 valence electrons. The number of sulfone groups is 1. The highest BCUT2D eigenvalue weighted by Crippen LogP contribution is 2.24. The molecule has 0 atom stereocenters. The van der Waals surface area contributed by atoms with Crippen molar-refractivity contribution in [2.24, 2.45) is 0 Å². The van der Waals surface area contributed by atoms with E-state index in [9.17, 15) is 13.2 Å². The average Bonchev–Trinajstić information content (AvgIpc) is 3.15. The lowest BCUT2D eigenvalue weighted by Gasteiger charge is -2.11. The molecule has 8 nitrogen and oxygen atoms in total. The van der Waals surface area contributed by atoms with Crippen LogP contribution in [0.4, 0.5) is 0 Å². The summed E-state index contributed by atoms with van der Waals surface area (Å²) in [5.74, 6) is -0.0645. The van der Waals surface area contributed by atoms with Crippen LogP contribution in [-0.2, 0) is 25.1 Å². The van der Waals surface area contributed by atoms with Gasteiger partial charge in [0, 0.05) is 19.3 Å². The van der Waals surface area contributed by atoms with Crippen LogP contribution in [-0.4, -0.2) is 55.1 Å². The van der Waals surface area contributed by atoms with E-state index in [4.69, 9.17) is 4.74 Å². The Bertz CT molecular complexity index is 1110. The lowest BCUT2D eigenvalue weighted by atomic mass is 10.2. The molecule has 0 radical (unpaired) electrons. The molecule has 0 saturated carbocycles. The summed E-state index contributed by atoms with van der Waals surface area (Å²) in [7, 11) is -2.05. The number of ether oxygens (including phenoxy) is 1. The van der Waals surface area contributed by atoms with Gasteiger partial charge in [0.25, 0.3) is 0 Å². The molecule has 0 unspecified atom stereocenters. The maximum Gasteiger partial charge on any atom is 0.230 e. The molecule has 0 aliphatic heterocycles. The van der Waals surface area contributed by atoms with Gasteiger partial charge in [-0.05, 0) is 31.2 Å². The van der Waals surface area contributed by atoms with Crippen molar-refractivity contribution in [3.63, 3.8) is 0 Å². The molecule has 31 heavy (non-hydrogen) atoms. The second kappa shape index (κ2) is 10.6. The van der Waals surface area contributed by atoms with Gasteiger partial charge in [0.15, 0.2) is 20.8 Å². The number of aryl methyl sites for hydroxylation is 1. The van der Waals surface area contributed by atoms with Crippen molar-refractivity contribution < 1.29 is 17.9 Å². The number of carbonyl (C=O) groups excluding carboxylic acids is 1. The Morgan fingerprint density at radius 2 is 1.81 bits per heavy atom. The second-order valence-electron chi connectivity index (χ2n) is 6.77. The summed E-state index contributed by atoms with van der Waals surface area (Å²) < 4.78 is 32.5. The number of hydrogen-bond donors (Lipinski definition) is 1. The molecule has 1 heterocycles. The fourth-order valence-electron chi connectivity index (χ4n) is 2.80. The molecule has 0 saturated heterocycles. The lowest BCUT2D eigenvalue weighted by Crippen LogP contribution is -2.28. The van der Waals surface area contributed by atoms with Crippen LogP contribution in [0.15, 0.2) is 64.6 Å². The van der Waals surface area contributed by atoms with Crippen LogP contribution in [0.3, 0.4) is 0 Å². The lowest BCUT2D eigenvalue weighted by molar-refractivity contribution is -0.118. The SMILES string of the molecule is COCCNC(=O)CSc1nnc(CS(=O)(=O)c2ccc(C)cc2)n1-c1ccccc1. The van der Waals surface area contributed by atoms with Gasteiger partial charge in [-0.2, -0.15) is 0 Å². The van der Waals surface area contributed by atoms with Crippen LogP contribution >= 0.6 is 11.8 Å². The summed E-state index contributed by atoms with van der Waals surface area (Å²) in [6, 6.07) is 16.0. The van der Waals surface area contributed by atoms with Crippen molar-refractivity contribution in [1.29, 1.82) is 0 Å². The quantitative estimate of drug-likeness (QED) is 0.366. The summed E-state index contributed by atoms with van der Waals surface area (Å²) in [4.78, 5) is 12.3. The van der Waals surface area contributed by atoms with Crippen molar-refractivity contribution in [1.82, 2.24) is 20.1 Å². The Kier molecular flexibility index (Phi) is 7.83. The summed E-state index contributed by atoms with van der Waals surface area (Å²) in [6.45, 7) is 2.75. The molecular weight excluding hydrogens is 436 g/mol. The van der Waals surface area contributed by atoms with Crippen LogP contribution in [0.25, 0.3) is 5.69 Å². The minimum absolute atomic E-state index is 0.124. The van der Waals surface area contributed by atoms with Crippen molar-refractivity contribution in [2.45, 2.75) is 22.7 Å². The summed E-state index contributed by atoms with van der Waals surface area (Å²) >= 11 is 1.19. The van der Waals surface area contributed by atoms with E-state index < -0.39 is 9.84 Å². The molecular formula is C21H24N4O4S2. The van der Waals surface area contributed by atoms with Gasteiger partial charge < -0.3 is 10.1 Å². The molecule has 1 N–H and O–H groups in total. The molecule has 2 aromatic carbocycles. The van der Waals surface area contributed by atoms with Gasteiger partial charge in [-0.25, -0.2) is 8.42 Å². The fraction of sp³-hybridized carbons (Fsp3) is 0.286. The smallest absolute Gasteiger partial charge is 0.230 e. The zero-order chi connectivity index (χ0) is 22.3. The van der Waals surface area contributed by atoms with Crippen LogP contribution in [0, 0.1) is 6.92 Å². The maximum atomic E-state index is 13.0. The first-order valence-corrected chi connectivity index (χ1v) is 12.2. The van der Waals surface area contributed by atoms with Crippen molar-refractivity contribution >= 4 is 27.5 Å². The molecule has 0 aliphatic rings. The van der Waals surface area contributed by atoms with Crippen LogP contribution in [0.1, 0.15) is 11.4 Å². The Morgan fingerprint density at radius 3 is 2.48 bits per heavy atom. The van der Waals surface area contributed by atoms with E-state index in [1.807, 2.05) is 37.3 Å². The Labute approximate surface area is 186 Å². The molecule has 1 aromatic heterocycles. The predicted molar refractivity (Wildman–Crippen MR) is 119 cm³/mol. The minimum atomic E-state index is -3.62. The molecule has 3 rings (SSSR count). The maximum absolute atomic E-state index is 13.0. The third-order valence-electron chi connectivity index (χ3n) is 4.37. The number of aromatic nitrogens is 3. The fourth-order valence-corrected chi connectivity index (χ4v) is 4.84. The molecule has 0 aliphatic carbocycles. The average molecular weight is 461 g/mol. The topological polar surface area (TPSA) is 103 Å². The van der Waals surface area contributed by atoms with Crippen molar-refractivity contribution in [3.8, 4) is 5.69 Å². The summed E-state index contributed by atoms with van der Waals surface area (Å²) in [5.41, 5.74) is 1.71. The van der Waals surface area contributed by atoms with Gasteiger partial charge in [-0.1, -0.05) is 47.7 Å². The molecule has 0 spiro atoms. The van der Waals surface area contributed by atoms with E-state index in [1.54, 1.807) is 35.9 Å². The van der Waals surface area contributed by atoms with Gasteiger partial charge in [0.2, 0.25) is 5.91 Å². The molecule has 1 amide bonds. The summed E-state index contributed by atoms with van der Waals surface area (Å²) in [6.07, 6.45) is 0. The highest BCUT2D eigenvalue weighted by molar-refractivity contribution is 7.99. The number of thioether (sulfide) groups is 1. The first-order valence-electron chi connectivity index (χ1n) is 9.58. The minimum Gasteiger partial charge on any atom is -0.383 e. The third-order valence-corrected chi connectivity index (χ3v) is 6.93. The van der Waals surface area contributed by atoms with Crippen LogP contribution in [0.5, 0.6) is 0 Å². The zero-order valence-corrected chi connectivity index (χ0v) is 18.9. The number of amides is 1. The van der Waals surface area contributed by atoms with Gasteiger partial charge in [-0.15, -0.1) is 10.2 Å². The van der Waals surface area contributed by atoms with Gasteiger partial charge in [0.1, 0.15) is 5.75 Å². The number of para-hydroxylation sites is 1. The molecule has 3 aromatic rings. The number of benzene rings is 2. The first kappa shape index (κ1) is 23.0. The predicted octanol–water partition coefficient (Wildman–Crippen LogP) is 2.40. The largest absolute Gasteiger partial charge is 0.383 e. The van der Waals surface area contributed by atoms with E-state index in [2.05, 4.69) is 15.5 Å². The van der Waals surface area contributed by atoms with Gasteiger partial charge in [0.05, 0.1) is 17.3 Å². The molecule has 10 heteroatoms. The Morgan fingerprint density at radius 1 is 1.10 bits per heavy atom. The van der Waals surface area contributed by atoms with E-state index in [-0.39, 0.29) is 28.1 Å². The van der Waals surface area contributed by atoms with Crippen molar-refractivity contribution in [3.05, 3.63) is 66.0 Å². The van der Waals surface area contributed by atoms with Gasteiger partial charge in [-0.3, -0.25) is 9.36 Å². The number of hydrogen-bond acceptors (Lipinski definition) is 7. The number of carbonyl (C=O) groups is 1. The van der Waals surface area contributed by atoms with E-state index in [1.165, 1.54) is 11.8 Å². The number of methoxy groups -OCH3 is 1. The first-order chi connectivity index (χ1) is 14.9. The highest BCUT2D eigenvalue weighted by atomic mass is 32.2. The highest BCUT2D eigenvalue weighted by Gasteiger charge is 2.23. The van der Waals surface area contributed by atoms with Crippen LogP contribution < -0.4 is 5.32 Å². The molecule has 0 bridgehead atoms. The normalized spacial score (nSPS) is 11.4. The second-order valence-corrected chi connectivity index (χ2v) is 9.71. The van der Waals surface area contributed by atoms with Crippen molar-refractivity contribution in [2.75, 3.05) is 26.0 Å². The summed E-state index contributed by atoms with van der Waals surface area (Å²) in [5, 5.41) is 11.5. The van der Waals surface area contributed by atoms with Gasteiger partial charge >= 0.3 is 0 Å². The van der Waals surface area contributed by atoms with E-state index in [0.717, 1.165) is 11.3 Å². The van der Waals surface area contributed by atoms with E-state index in [0.29, 0.717) is 18.3 Å². The number of nitrogens with zero attached hydrogens (tertiary/aromatic N) is 3.